The summed E-state index contributed by atoms with van der Waals surface area (Å²) in [6.07, 6.45) is 5.33. The SMILES string of the molecule is CCCCC(CCCC)C(C)(N=NC(C)(C)C(=O)O)C(=O)O. The van der Waals surface area contributed by atoms with Crippen LogP contribution in [0, 0.1) is 5.92 Å². The van der Waals surface area contributed by atoms with Crippen molar-refractivity contribution in [1.82, 2.24) is 0 Å². The molecule has 0 saturated heterocycles. The predicted molar refractivity (Wildman–Crippen MR) is 85.2 cm³/mol. The van der Waals surface area contributed by atoms with E-state index in [1.54, 1.807) is 6.92 Å². The molecule has 0 aromatic rings. The average Bonchev–Trinajstić information content (AvgIpc) is 2.44. The summed E-state index contributed by atoms with van der Waals surface area (Å²) >= 11 is 0. The Morgan fingerprint density at radius 2 is 1.36 bits per heavy atom. The highest BCUT2D eigenvalue weighted by atomic mass is 16.4. The molecular formula is C16H30N2O4. The van der Waals surface area contributed by atoms with E-state index in [1.807, 2.05) is 0 Å². The molecule has 128 valence electrons. The second-order valence-electron chi connectivity index (χ2n) is 6.50. The quantitative estimate of drug-likeness (QED) is 0.560. The summed E-state index contributed by atoms with van der Waals surface area (Å²) in [6.45, 7) is 8.49. The molecule has 6 nitrogen and oxygen atoms in total. The van der Waals surface area contributed by atoms with E-state index >= 15 is 0 Å². The lowest BCUT2D eigenvalue weighted by Gasteiger charge is -2.30. The van der Waals surface area contributed by atoms with Crippen molar-refractivity contribution < 1.29 is 19.8 Å². The largest absolute Gasteiger partial charge is 0.479 e. The van der Waals surface area contributed by atoms with Crippen molar-refractivity contribution in [2.75, 3.05) is 0 Å². The van der Waals surface area contributed by atoms with Crippen LogP contribution in [0.1, 0.15) is 73.1 Å². The summed E-state index contributed by atoms with van der Waals surface area (Å²) in [7, 11) is 0. The molecular weight excluding hydrogens is 284 g/mol. The summed E-state index contributed by atoms with van der Waals surface area (Å²) in [5, 5.41) is 26.6. The zero-order valence-corrected chi connectivity index (χ0v) is 14.4. The van der Waals surface area contributed by atoms with E-state index in [-0.39, 0.29) is 5.92 Å². The molecule has 0 saturated carbocycles. The van der Waals surface area contributed by atoms with E-state index in [0.717, 1.165) is 38.5 Å². The van der Waals surface area contributed by atoms with Gasteiger partial charge in [-0.05, 0) is 39.5 Å². The van der Waals surface area contributed by atoms with E-state index in [0.29, 0.717) is 0 Å². The van der Waals surface area contributed by atoms with Crippen molar-refractivity contribution in [2.45, 2.75) is 84.2 Å². The molecule has 0 fully saturated rings. The van der Waals surface area contributed by atoms with E-state index in [1.165, 1.54) is 13.8 Å². The van der Waals surface area contributed by atoms with Crippen LogP contribution in [0.2, 0.25) is 0 Å². The average molecular weight is 314 g/mol. The molecule has 22 heavy (non-hydrogen) atoms. The van der Waals surface area contributed by atoms with Gasteiger partial charge in [-0.1, -0.05) is 39.5 Å². The number of carbonyl (C=O) groups is 2. The topological polar surface area (TPSA) is 99.3 Å². The van der Waals surface area contributed by atoms with Crippen LogP contribution in [0.15, 0.2) is 10.2 Å². The van der Waals surface area contributed by atoms with Crippen molar-refractivity contribution in [2.24, 2.45) is 16.1 Å². The van der Waals surface area contributed by atoms with Crippen LogP contribution in [-0.4, -0.2) is 33.2 Å². The van der Waals surface area contributed by atoms with Gasteiger partial charge in [0.25, 0.3) is 0 Å². The van der Waals surface area contributed by atoms with E-state index in [9.17, 15) is 14.7 Å². The molecule has 0 bridgehead atoms. The van der Waals surface area contributed by atoms with E-state index in [2.05, 4.69) is 24.1 Å². The number of azo groups is 1. The normalized spacial score (nSPS) is 15.2. The van der Waals surface area contributed by atoms with Gasteiger partial charge in [-0.15, -0.1) is 0 Å². The molecule has 0 amide bonds. The number of unbranched alkanes of at least 4 members (excludes halogenated alkanes) is 2. The molecule has 2 N–H and O–H groups in total. The van der Waals surface area contributed by atoms with E-state index in [4.69, 9.17) is 5.11 Å². The molecule has 0 aliphatic heterocycles. The van der Waals surface area contributed by atoms with Crippen LogP contribution in [0.25, 0.3) is 0 Å². The minimum atomic E-state index is -1.42. The van der Waals surface area contributed by atoms with Gasteiger partial charge in [-0.25, -0.2) is 9.59 Å². The van der Waals surface area contributed by atoms with Gasteiger partial charge in [0.05, 0.1) is 0 Å². The minimum Gasteiger partial charge on any atom is -0.479 e. The number of rotatable bonds is 11. The van der Waals surface area contributed by atoms with Crippen LogP contribution in [0.3, 0.4) is 0 Å². The molecule has 0 spiro atoms. The first-order valence-electron chi connectivity index (χ1n) is 8.02. The maximum Gasteiger partial charge on any atom is 0.333 e. The number of hydrogen-bond donors (Lipinski definition) is 2. The Bertz CT molecular complexity index is 399. The number of carboxylic acid groups (broad SMARTS) is 2. The number of nitrogens with zero attached hydrogens (tertiary/aromatic N) is 2. The fourth-order valence-electron chi connectivity index (χ4n) is 2.18. The molecule has 1 unspecified atom stereocenters. The molecule has 0 aliphatic rings. The van der Waals surface area contributed by atoms with Gasteiger partial charge in [-0.3, -0.25) is 0 Å². The standard InChI is InChI=1S/C16H30N2O4/c1-6-8-10-12(11-9-7-2)16(5,14(21)22)18-17-15(3,4)13(19)20/h12H,6-11H2,1-5H3,(H,19,20)(H,21,22). The van der Waals surface area contributed by atoms with Crippen LogP contribution in [0.5, 0.6) is 0 Å². The van der Waals surface area contributed by atoms with Crippen molar-refractivity contribution in [3.05, 3.63) is 0 Å². The maximum absolute atomic E-state index is 11.8. The van der Waals surface area contributed by atoms with Crippen molar-refractivity contribution in [3.63, 3.8) is 0 Å². The zero-order chi connectivity index (χ0) is 17.4. The fraction of sp³-hybridized carbons (Fsp3) is 0.875. The highest BCUT2D eigenvalue weighted by Crippen LogP contribution is 2.33. The van der Waals surface area contributed by atoms with Gasteiger partial charge in [-0.2, -0.15) is 10.2 Å². The number of hydrogen-bond acceptors (Lipinski definition) is 4. The second-order valence-corrected chi connectivity index (χ2v) is 6.50. The van der Waals surface area contributed by atoms with E-state index < -0.39 is 23.0 Å². The second kappa shape index (κ2) is 8.86. The monoisotopic (exact) mass is 314 g/mol. The highest BCUT2D eigenvalue weighted by molar-refractivity contribution is 5.79. The first-order chi connectivity index (χ1) is 10.1. The van der Waals surface area contributed by atoms with Crippen molar-refractivity contribution in [3.8, 4) is 0 Å². The fourth-order valence-corrected chi connectivity index (χ4v) is 2.18. The van der Waals surface area contributed by atoms with Gasteiger partial charge < -0.3 is 10.2 Å². The van der Waals surface area contributed by atoms with Gasteiger partial charge in [0.1, 0.15) is 0 Å². The number of aliphatic carboxylic acids is 2. The summed E-state index contributed by atoms with van der Waals surface area (Å²) < 4.78 is 0. The van der Waals surface area contributed by atoms with Crippen LogP contribution in [0.4, 0.5) is 0 Å². The van der Waals surface area contributed by atoms with Gasteiger partial charge in [0.2, 0.25) is 0 Å². The third kappa shape index (κ3) is 5.73. The van der Waals surface area contributed by atoms with Gasteiger partial charge >= 0.3 is 11.9 Å². The minimum absolute atomic E-state index is 0.141. The lowest BCUT2D eigenvalue weighted by atomic mass is 9.79. The number of carboxylic acids is 2. The first kappa shape index (κ1) is 20.5. The Morgan fingerprint density at radius 3 is 1.68 bits per heavy atom. The lowest BCUT2D eigenvalue weighted by Crippen LogP contribution is -2.42. The molecule has 0 rings (SSSR count). The first-order valence-corrected chi connectivity index (χ1v) is 8.02. The lowest BCUT2D eigenvalue weighted by molar-refractivity contribution is -0.146. The van der Waals surface area contributed by atoms with Gasteiger partial charge in [0, 0.05) is 0 Å². The molecule has 0 aromatic heterocycles. The Balaban J connectivity index is 5.44. The molecule has 0 aromatic carbocycles. The molecule has 0 radical (unpaired) electrons. The highest BCUT2D eigenvalue weighted by Gasteiger charge is 2.42. The van der Waals surface area contributed by atoms with Crippen LogP contribution >= 0.6 is 0 Å². The molecule has 0 aliphatic carbocycles. The summed E-state index contributed by atoms with van der Waals surface area (Å²) in [6, 6.07) is 0. The Labute approximate surface area is 133 Å². The Hall–Kier alpha value is -1.46. The smallest absolute Gasteiger partial charge is 0.333 e. The predicted octanol–water partition coefficient (Wildman–Crippen LogP) is 4.14. The van der Waals surface area contributed by atoms with Crippen molar-refractivity contribution >= 4 is 11.9 Å². The molecule has 0 heterocycles. The molecule has 1 atom stereocenters. The Kier molecular flexibility index (Phi) is 8.27. The summed E-state index contributed by atoms with van der Waals surface area (Å²) in [5.41, 5.74) is -2.80. The summed E-state index contributed by atoms with van der Waals surface area (Å²) in [5.74, 6) is -2.31. The van der Waals surface area contributed by atoms with Crippen LogP contribution in [-0.2, 0) is 9.59 Å². The third-order valence-electron chi connectivity index (χ3n) is 4.07. The third-order valence-corrected chi connectivity index (χ3v) is 4.07. The zero-order valence-electron chi connectivity index (χ0n) is 14.4. The maximum atomic E-state index is 11.8. The van der Waals surface area contributed by atoms with Crippen molar-refractivity contribution in [1.29, 1.82) is 0 Å². The summed E-state index contributed by atoms with van der Waals surface area (Å²) in [4.78, 5) is 22.9. The molecule has 6 heteroatoms. The Morgan fingerprint density at radius 1 is 0.909 bits per heavy atom. The van der Waals surface area contributed by atoms with Crippen LogP contribution < -0.4 is 0 Å². The van der Waals surface area contributed by atoms with Gasteiger partial charge in [0.15, 0.2) is 11.1 Å².